The second kappa shape index (κ2) is 12.7. The lowest BCUT2D eigenvalue weighted by molar-refractivity contribution is -0.142. The number of rotatable bonds is 11. The van der Waals surface area contributed by atoms with Crippen LogP contribution in [0.3, 0.4) is 0 Å². The molecular weight excluding hydrogens is 588 g/mol. The van der Waals surface area contributed by atoms with Gasteiger partial charge in [0.05, 0.1) is 13.1 Å². The molecule has 14 nitrogen and oxygen atoms in total. The lowest BCUT2D eigenvalue weighted by Crippen LogP contribution is -2.43. The molecule has 5 rings (SSSR count). The summed E-state index contributed by atoms with van der Waals surface area (Å²) in [4.78, 5) is 37.8. The van der Waals surface area contributed by atoms with Crippen LogP contribution in [-0.4, -0.2) is 108 Å². The fraction of sp³-hybridized carbons (Fsp3) is 0.517. The highest BCUT2D eigenvalue weighted by Crippen LogP contribution is 2.44. The molecule has 2 aliphatic heterocycles. The zero-order valence-electron chi connectivity index (χ0n) is 25.3. The van der Waals surface area contributed by atoms with Crippen LogP contribution in [0.15, 0.2) is 49.1 Å². The number of piperidine rings is 1. The number of carboxylic acids is 1. The van der Waals surface area contributed by atoms with Crippen molar-refractivity contribution in [1.82, 2.24) is 37.5 Å². The topological polar surface area (TPSA) is 157 Å². The van der Waals surface area contributed by atoms with Gasteiger partial charge in [0.2, 0.25) is 0 Å². The fourth-order valence-electron chi connectivity index (χ4n) is 6.27. The number of hydrogen-bond acceptors (Lipinski definition) is 8. The summed E-state index contributed by atoms with van der Waals surface area (Å²) in [5, 5.41) is 19.3. The van der Waals surface area contributed by atoms with Crippen molar-refractivity contribution in [2.75, 3.05) is 33.7 Å². The smallest absolute Gasteiger partial charge is 0.407 e. The minimum absolute atomic E-state index is 0.188. The number of imidazole rings is 2. The van der Waals surface area contributed by atoms with Gasteiger partial charge in [0.15, 0.2) is 0 Å². The van der Waals surface area contributed by atoms with Crippen LogP contribution in [0.4, 0.5) is 4.79 Å². The molecule has 2 fully saturated rings. The number of carboxylic acid groups (broad SMARTS) is 2. The summed E-state index contributed by atoms with van der Waals surface area (Å²) < 4.78 is 30.0. The highest BCUT2D eigenvalue weighted by molar-refractivity contribution is 7.87. The molecule has 1 spiro atoms. The summed E-state index contributed by atoms with van der Waals surface area (Å²) in [6.07, 6.45) is 7.44. The fourth-order valence-corrected chi connectivity index (χ4v) is 7.20. The van der Waals surface area contributed by atoms with E-state index in [0.29, 0.717) is 64.4 Å². The monoisotopic (exact) mass is 628 g/mol. The van der Waals surface area contributed by atoms with Gasteiger partial charge >= 0.3 is 22.3 Å². The molecule has 0 aliphatic carbocycles. The van der Waals surface area contributed by atoms with Crippen LogP contribution in [0, 0.1) is 5.41 Å². The van der Waals surface area contributed by atoms with E-state index in [0.717, 1.165) is 21.3 Å². The number of aromatic nitrogens is 4. The van der Waals surface area contributed by atoms with Gasteiger partial charge in [-0.2, -0.15) is 12.7 Å². The summed E-state index contributed by atoms with van der Waals surface area (Å²) in [5.41, 5.74) is 1.81. The van der Waals surface area contributed by atoms with E-state index in [1.807, 2.05) is 47.0 Å². The predicted molar refractivity (Wildman–Crippen MR) is 161 cm³/mol. The Hall–Kier alpha value is -3.79. The molecular formula is C29H40N8O6S. The molecule has 0 saturated carbocycles. The zero-order chi connectivity index (χ0) is 31.6. The standard InChI is InChI=1S/C29H40N8O6S/c1-32(2)44(42,43)37-15-11-31-26(37)20-34(19-25-30-10-14-33(25)3)17-22-4-6-23(7-5-22)18-36-21-29(16-24(36)27(38)39)8-12-35(13-9-29)28(40)41/h4-7,10-11,14-15,24H,8-9,12-13,16-21H2,1-3H3,(H,38,39)(H,40,41)/t24-/m1/s1. The molecule has 0 radical (unpaired) electrons. The number of aliphatic carboxylic acids is 1. The van der Waals surface area contributed by atoms with Crippen molar-refractivity contribution < 1.29 is 28.2 Å². The van der Waals surface area contributed by atoms with Crippen molar-refractivity contribution in [2.24, 2.45) is 12.5 Å². The summed E-state index contributed by atoms with van der Waals surface area (Å²) in [7, 11) is 1.14. The Bertz CT molecular complexity index is 1580. The third-order valence-electron chi connectivity index (χ3n) is 8.84. The van der Waals surface area contributed by atoms with E-state index in [1.54, 1.807) is 6.20 Å². The number of hydrogen-bond donors (Lipinski definition) is 2. The van der Waals surface area contributed by atoms with Crippen LogP contribution >= 0.6 is 0 Å². The maximum Gasteiger partial charge on any atom is 0.407 e. The Kier molecular flexibility index (Phi) is 9.11. The minimum atomic E-state index is -3.73. The number of carbonyl (C=O) groups is 2. The van der Waals surface area contributed by atoms with Crippen molar-refractivity contribution in [1.29, 1.82) is 0 Å². The lowest BCUT2D eigenvalue weighted by atomic mass is 9.76. The van der Waals surface area contributed by atoms with Gasteiger partial charge in [-0.15, -0.1) is 0 Å². The van der Waals surface area contributed by atoms with Gasteiger partial charge in [0.25, 0.3) is 0 Å². The van der Waals surface area contributed by atoms with Crippen LogP contribution in [0.1, 0.15) is 42.0 Å². The van der Waals surface area contributed by atoms with E-state index < -0.39 is 28.3 Å². The Morgan fingerprint density at radius 2 is 1.57 bits per heavy atom. The van der Waals surface area contributed by atoms with E-state index in [1.165, 1.54) is 35.4 Å². The maximum atomic E-state index is 12.9. The van der Waals surface area contributed by atoms with Crippen molar-refractivity contribution in [3.05, 3.63) is 71.8 Å². The first-order valence-electron chi connectivity index (χ1n) is 14.5. The number of aryl methyl sites for hydroxylation is 1. The Morgan fingerprint density at radius 3 is 2.16 bits per heavy atom. The molecule has 4 heterocycles. The summed E-state index contributed by atoms with van der Waals surface area (Å²) in [6, 6.07) is 7.42. The molecule has 2 saturated heterocycles. The van der Waals surface area contributed by atoms with Crippen molar-refractivity contribution in [3.63, 3.8) is 0 Å². The van der Waals surface area contributed by atoms with Gasteiger partial charge in [0.1, 0.15) is 17.7 Å². The van der Waals surface area contributed by atoms with Gasteiger partial charge in [-0.05, 0) is 35.8 Å². The van der Waals surface area contributed by atoms with Crippen molar-refractivity contribution >= 4 is 22.3 Å². The normalized spacial score (nSPS) is 18.9. The van der Waals surface area contributed by atoms with Gasteiger partial charge in [-0.3, -0.25) is 14.6 Å². The molecule has 44 heavy (non-hydrogen) atoms. The first-order chi connectivity index (χ1) is 20.9. The third-order valence-corrected chi connectivity index (χ3v) is 10.6. The highest BCUT2D eigenvalue weighted by Gasteiger charge is 2.48. The van der Waals surface area contributed by atoms with E-state index >= 15 is 0 Å². The van der Waals surface area contributed by atoms with Crippen LogP contribution in [0.5, 0.6) is 0 Å². The zero-order valence-corrected chi connectivity index (χ0v) is 26.1. The van der Waals surface area contributed by atoms with Gasteiger partial charge < -0.3 is 19.7 Å². The molecule has 1 atom stereocenters. The Morgan fingerprint density at radius 1 is 0.955 bits per heavy atom. The number of benzene rings is 1. The number of likely N-dealkylation sites (tertiary alicyclic amines) is 2. The molecule has 3 aromatic rings. The Balaban J connectivity index is 1.29. The average Bonchev–Trinajstić information content (AvgIpc) is 3.69. The van der Waals surface area contributed by atoms with Gasteiger partial charge in [-0.25, -0.2) is 18.7 Å². The molecule has 0 unspecified atom stereocenters. The molecule has 2 aliphatic rings. The molecule has 2 N–H and O–H groups in total. The van der Waals surface area contributed by atoms with Crippen molar-refractivity contribution in [3.8, 4) is 0 Å². The second-order valence-corrected chi connectivity index (χ2v) is 14.1. The maximum absolute atomic E-state index is 12.9. The summed E-state index contributed by atoms with van der Waals surface area (Å²) in [6.45, 7) is 3.21. The molecule has 0 bridgehead atoms. The van der Waals surface area contributed by atoms with Gasteiger partial charge in [-0.1, -0.05) is 24.3 Å². The number of amides is 1. The van der Waals surface area contributed by atoms with E-state index in [-0.39, 0.29) is 12.0 Å². The molecule has 2 aromatic heterocycles. The summed E-state index contributed by atoms with van der Waals surface area (Å²) in [5.74, 6) is 0.368. The summed E-state index contributed by atoms with van der Waals surface area (Å²) >= 11 is 0. The second-order valence-electron chi connectivity index (χ2n) is 12.1. The first-order valence-corrected chi connectivity index (χ1v) is 15.9. The molecule has 1 aromatic carbocycles. The highest BCUT2D eigenvalue weighted by atomic mass is 32.2. The van der Waals surface area contributed by atoms with E-state index in [4.69, 9.17) is 0 Å². The SMILES string of the molecule is CN(C)S(=O)(=O)n1ccnc1CN(Cc1ccc(CN2CC3(CCN(C(=O)O)CC3)C[C@@H]2C(=O)O)cc1)Cc1nccn1C. The van der Waals surface area contributed by atoms with Crippen LogP contribution in [-0.2, 0) is 48.2 Å². The minimum Gasteiger partial charge on any atom is -0.480 e. The van der Waals surface area contributed by atoms with E-state index in [9.17, 15) is 28.2 Å². The van der Waals surface area contributed by atoms with Crippen molar-refractivity contribution in [2.45, 2.75) is 51.5 Å². The average molecular weight is 629 g/mol. The van der Waals surface area contributed by atoms with Crippen LogP contribution in [0.2, 0.25) is 0 Å². The van der Waals surface area contributed by atoms with Crippen LogP contribution < -0.4 is 0 Å². The molecule has 238 valence electrons. The largest absolute Gasteiger partial charge is 0.480 e. The lowest BCUT2D eigenvalue weighted by Gasteiger charge is -2.38. The Labute approximate surface area is 257 Å². The van der Waals surface area contributed by atoms with E-state index in [2.05, 4.69) is 14.9 Å². The first kappa shape index (κ1) is 31.6. The third kappa shape index (κ3) is 6.80. The molecule has 15 heteroatoms. The number of nitrogens with zero attached hydrogens (tertiary/aromatic N) is 8. The van der Waals surface area contributed by atoms with Crippen LogP contribution in [0.25, 0.3) is 0 Å². The molecule has 1 amide bonds. The quantitative estimate of drug-likeness (QED) is 0.321. The predicted octanol–water partition coefficient (Wildman–Crippen LogP) is 1.89. The van der Waals surface area contributed by atoms with Gasteiger partial charge in [0, 0.05) is 78.7 Å².